The number of rotatable bonds is 3. The number of esters is 1. The van der Waals surface area contributed by atoms with Crippen molar-refractivity contribution >= 4 is 29.3 Å². The Morgan fingerprint density at radius 3 is 3.05 bits per heavy atom. The summed E-state index contributed by atoms with van der Waals surface area (Å²) in [6.45, 7) is 2.04. The Labute approximate surface area is 125 Å². The summed E-state index contributed by atoms with van der Waals surface area (Å²) in [6, 6.07) is 0. The summed E-state index contributed by atoms with van der Waals surface area (Å²) in [6.07, 6.45) is 3.00. The predicted octanol–water partition coefficient (Wildman–Crippen LogP) is 1.15. The Kier molecular flexibility index (Phi) is 3.62. The molecule has 0 fully saturated rings. The Hall–Kier alpha value is -1.96. The van der Waals surface area contributed by atoms with E-state index >= 15 is 0 Å². The molecule has 8 heteroatoms. The molecule has 110 valence electrons. The van der Waals surface area contributed by atoms with Crippen molar-refractivity contribution in [3.05, 3.63) is 17.5 Å². The molecule has 0 saturated heterocycles. The largest absolute Gasteiger partial charge is 0.468 e. The number of Topliss-reactive ketones (excluding diaryl/α,β-unsaturated/α-hetero) is 1. The highest BCUT2D eigenvalue weighted by atomic mass is 32.2. The van der Waals surface area contributed by atoms with Crippen molar-refractivity contribution in [2.45, 2.75) is 24.9 Å². The van der Waals surface area contributed by atoms with Gasteiger partial charge in [0.25, 0.3) is 5.78 Å². The highest BCUT2D eigenvalue weighted by molar-refractivity contribution is 7.99. The minimum absolute atomic E-state index is 0.0948. The van der Waals surface area contributed by atoms with Gasteiger partial charge in [-0.15, -0.1) is 5.10 Å². The van der Waals surface area contributed by atoms with Gasteiger partial charge >= 0.3 is 5.97 Å². The standard InChI is InChI=1S/C13H14N4O3S/c1-7-3-9-8(10(18)4-7)5-17-12(14-9)15-13(16-17)21-6-11(19)20-2/h5,7H,3-4,6H2,1-2H3/t7-/m0/s1. The molecule has 0 saturated carbocycles. The first-order valence-corrected chi connectivity index (χ1v) is 7.54. The zero-order valence-corrected chi connectivity index (χ0v) is 12.5. The van der Waals surface area contributed by atoms with E-state index in [0.717, 1.165) is 12.1 Å². The third-order valence-electron chi connectivity index (χ3n) is 3.31. The summed E-state index contributed by atoms with van der Waals surface area (Å²) in [5, 5.41) is 4.67. The lowest BCUT2D eigenvalue weighted by Crippen LogP contribution is -2.20. The van der Waals surface area contributed by atoms with Crippen molar-refractivity contribution in [3.8, 4) is 0 Å². The maximum Gasteiger partial charge on any atom is 0.316 e. The number of hydrogen-bond donors (Lipinski definition) is 0. The molecule has 3 rings (SSSR count). The number of nitrogens with zero attached hydrogens (tertiary/aromatic N) is 4. The second-order valence-electron chi connectivity index (χ2n) is 5.04. The molecule has 0 amide bonds. The van der Waals surface area contributed by atoms with Gasteiger partial charge < -0.3 is 4.74 Å². The lowest BCUT2D eigenvalue weighted by Gasteiger charge is -2.18. The van der Waals surface area contributed by atoms with E-state index < -0.39 is 0 Å². The maximum absolute atomic E-state index is 12.0. The van der Waals surface area contributed by atoms with Crippen LogP contribution < -0.4 is 0 Å². The number of aromatic nitrogens is 4. The summed E-state index contributed by atoms with van der Waals surface area (Å²) in [7, 11) is 1.34. The fraction of sp³-hybridized carbons (Fsp3) is 0.462. The summed E-state index contributed by atoms with van der Waals surface area (Å²) >= 11 is 1.18. The van der Waals surface area contributed by atoms with Gasteiger partial charge in [-0.3, -0.25) is 9.59 Å². The van der Waals surface area contributed by atoms with Gasteiger partial charge in [0.15, 0.2) is 5.78 Å². The van der Waals surface area contributed by atoms with Gasteiger partial charge in [0.1, 0.15) is 0 Å². The summed E-state index contributed by atoms with van der Waals surface area (Å²) in [5.74, 6) is 0.648. The van der Waals surface area contributed by atoms with Crippen LogP contribution in [0.5, 0.6) is 0 Å². The highest BCUT2D eigenvalue weighted by Crippen LogP contribution is 2.24. The number of fused-ring (bicyclic) bond motifs is 2. The molecule has 0 aromatic carbocycles. The topological polar surface area (TPSA) is 86.4 Å². The number of ether oxygens (including phenoxy) is 1. The van der Waals surface area contributed by atoms with Crippen molar-refractivity contribution in [2.24, 2.45) is 5.92 Å². The molecule has 0 unspecified atom stereocenters. The van der Waals surface area contributed by atoms with Gasteiger partial charge in [0, 0.05) is 12.6 Å². The molecule has 7 nitrogen and oxygen atoms in total. The Bertz CT molecular complexity index is 728. The Morgan fingerprint density at radius 2 is 2.29 bits per heavy atom. The van der Waals surface area contributed by atoms with Crippen LogP contribution in [0.1, 0.15) is 29.4 Å². The fourth-order valence-corrected chi connectivity index (χ4v) is 2.95. The quantitative estimate of drug-likeness (QED) is 0.621. The summed E-state index contributed by atoms with van der Waals surface area (Å²) in [4.78, 5) is 31.8. The van der Waals surface area contributed by atoms with Crippen LogP contribution in [0, 0.1) is 5.92 Å². The van der Waals surface area contributed by atoms with Crippen LogP contribution in [0.2, 0.25) is 0 Å². The maximum atomic E-state index is 12.0. The zero-order chi connectivity index (χ0) is 15.0. The van der Waals surface area contributed by atoms with Crippen molar-refractivity contribution in [1.82, 2.24) is 19.6 Å². The number of carbonyl (C=O) groups is 2. The predicted molar refractivity (Wildman–Crippen MR) is 75.3 cm³/mol. The van der Waals surface area contributed by atoms with Crippen molar-refractivity contribution in [3.63, 3.8) is 0 Å². The molecule has 1 aliphatic carbocycles. The molecule has 1 aliphatic rings. The van der Waals surface area contributed by atoms with Gasteiger partial charge in [0.2, 0.25) is 5.16 Å². The van der Waals surface area contributed by atoms with Crippen LogP contribution in [0.3, 0.4) is 0 Å². The zero-order valence-electron chi connectivity index (χ0n) is 11.7. The van der Waals surface area contributed by atoms with Crippen LogP contribution >= 0.6 is 11.8 Å². The van der Waals surface area contributed by atoms with E-state index in [-0.39, 0.29) is 17.5 Å². The molecule has 1 atom stereocenters. The van der Waals surface area contributed by atoms with E-state index in [9.17, 15) is 9.59 Å². The summed E-state index contributed by atoms with van der Waals surface area (Å²) < 4.78 is 6.06. The van der Waals surface area contributed by atoms with E-state index in [0.29, 0.717) is 28.8 Å². The van der Waals surface area contributed by atoms with Gasteiger partial charge in [0.05, 0.1) is 24.1 Å². The molecule has 0 aliphatic heterocycles. The van der Waals surface area contributed by atoms with Crippen molar-refractivity contribution in [1.29, 1.82) is 0 Å². The average molecular weight is 306 g/mol. The molecular formula is C13H14N4O3S. The first-order chi connectivity index (χ1) is 10.1. The number of carbonyl (C=O) groups excluding carboxylic acids is 2. The van der Waals surface area contributed by atoms with E-state index in [1.54, 1.807) is 6.20 Å². The molecule has 0 bridgehead atoms. The normalized spacial score (nSPS) is 17.8. The minimum atomic E-state index is -0.338. The molecule has 2 heterocycles. The number of ketones is 1. The lowest BCUT2D eigenvalue weighted by atomic mass is 9.88. The van der Waals surface area contributed by atoms with Gasteiger partial charge in [-0.05, 0) is 12.3 Å². The lowest BCUT2D eigenvalue weighted by molar-refractivity contribution is -0.137. The molecule has 2 aromatic rings. The molecule has 21 heavy (non-hydrogen) atoms. The van der Waals surface area contributed by atoms with Crippen molar-refractivity contribution < 1.29 is 14.3 Å². The fourth-order valence-electron chi connectivity index (χ4n) is 2.30. The monoisotopic (exact) mass is 306 g/mol. The first-order valence-electron chi connectivity index (χ1n) is 6.56. The van der Waals surface area contributed by atoms with Gasteiger partial charge in [-0.2, -0.15) is 4.98 Å². The molecular weight excluding hydrogens is 292 g/mol. The average Bonchev–Trinajstić information content (AvgIpc) is 2.84. The SMILES string of the molecule is COC(=O)CSc1nc2nc3c(cn2n1)C(=O)C[C@@H](C)C3. The van der Waals surface area contributed by atoms with E-state index in [1.165, 1.54) is 23.4 Å². The van der Waals surface area contributed by atoms with Gasteiger partial charge in [-0.1, -0.05) is 18.7 Å². The Balaban J connectivity index is 1.92. The van der Waals surface area contributed by atoms with Crippen LogP contribution in [-0.2, 0) is 16.0 Å². The second-order valence-corrected chi connectivity index (χ2v) is 5.98. The number of hydrogen-bond acceptors (Lipinski definition) is 7. The third kappa shape index (κ3) is 2.76. The molecule has 0 N–H and O–H groups in total. The number of methoxy groups -OCH3 is 1. The van der Waals surface area contributed by atoms with Crippen LogP contribution in [0.25, 0.3) is 5.78 Å². The first kappa shape index (κ1) is 14.0. The minimum Gasteiger partial charge on any atom is -0.468 e. The van der Waals surface area contributed by atoms with E-state index in [1.807, 2.05) is 6.92 Å². The van der Waals surface area contributed by atoms with E-state index in [2.05, 4.69) is 19.8 Å². The van der Waals surface area contributed by atoms with Gasteiger partial charge in [-0.25, -0.2) is 9.50 Å². The third-order valence-corrected chi connectivity index (χ3v) is 4.13. The smallest absolute Gasteiger partial charge is 0.316 e. The number of thioether (sulfide) groups is 1. The molecule has 2 aromatic heterocycles. The van der Waals surface area contributed by atoms with Crippen LogP contribution in [0.15, 0.2) is 11.4 Å². The highest BCUT2D eigenvalue weighted by Gasteiger charge is 2.25. The Morgan fingerprint density at radius 1 is 1.48 bits per heavy atom. The summed E-state index contributed by atoms with van der Waals surface area (Å²) in [5.41, 5.74) is 1.40. The van der Waals surface area contributed by atoms with E-state index in [4.69, 9.17) is 0 Å². The molecule has 0 radical (unpaired) electrons. The van der Waals surface area contributed by atoms with Crippen LogP contribution in [0.4, 0.5) is 0 Å². The van der Waals surface area contributed by atoms with Crippen molar-refractivity contribution in [2.75, 3.05) is 12.9 Å². The van der Waals surface area contributed by atoms with Crippen LogP contribution in [-0.4, -0.2) is 44.2 Å². The second kappa shape index (κ2) is 5.44. The molecule has 0 spiro atoms.